The molecule has 3 aromatic rings. The predicted molar refractivity (Wildman–Crippen MR) is 91.7 cm³/mol. The number of aromatic nitrogens is 2. The van der Waals surface area contributed by atoms with Crippen molar-refractivity contribution in [3.63, 3.8) is 0 Å². The summed E-state index contributed by atoms with van der Waals surface area (Å²) in [7, 11) is 1.71. The van der Waals surface area contributed by atoms with Crippen molar-refractivity contribution in [2.24, 2.45) is 0 Å². The second-order valence-electron chi connectivity index (χ2n) is 6.14. The summed E-state index contributed by atoms with van der Waals surface area (Å²) in [6.07, 6.45) is 4.11. The number of H-pyrrole nitrogens is 1. The van der Waals surface area contributed by atoms with E-state index in [1.807, 2.05) is 18.2 Å². The van der Waals surface area contributed by atoms with E-state index in [1.54, 1.807) is 13.3 Å². The van der Waals surface area contributed by atoms with Gasteiger partial charge in [0.05, 0.1) is 13.7 Å². The number of methoxy groups -OCH3 is 1. The van der Waals surface area contributed by atoms with E-state index in [-0.39, 0.29) is 0 Å². The van der Waals surface area contributed by atoms with Crippen LogP contribution in [-0.2, 0) is 6.54 Å². The Labute approximate surface area is 141 Å². The first-order chi connectivity index (χ1) is 11.8. The van der Waals surface area contributed by atoms with Crippen LogP contribution in [0.25, 0.3) is 11.5 Å². The van der Waals surface area contributed by atoms with Gasteiger partial charge in [0.2, 0.25) is 0 Å². The fourth-order valence-corrected chi connectivity index (χ4v) is 3.44. The Hall–Kier alpha value is -2.53. The van der Waals surface area contributed by atoms with Crippen molar-refractivity contribution < 1.29 is 9.15 Å². The highest BCUT2D eigenvalue weighted by Crippen LogP contribution is 2.35. The first-order valence-corrected chi connectivity index (χ1v) is 8.30. The van der Waals surface area contributed by atoms with Crippen LogP contribution in [0.15, 0.2) is 53.1 Å². The Morgan fingerprint density at radius 2 is 2.25 bits per heavy atom. The van der Waals surface area contributed by atoms with E-state index in [2.05, 4.69) is 39.4 Å². The van der Waals surface area contributed by atoms with E-state index in [0.29, 0.717) is 6.04 Å². The maximum absolute atomic E-state index is 5.98. The molecule has 1 aliphatic heterocycles. The molecule has 1 saturated heterocycles. The number of furan rings is 1. The zero-order valence-electron chi connectivity index (χ0n) is 13.7. The largest absolute Gasteiger partial charge is 0.497 e. The highest BCUT2D eigenvalue weighted by Gasteiger charge is 2.27. The molecule has 1 aromatic carbocycles. The lowest BCUT2D eigenvalue weighted by Gasteiger charge is -2.24. The van der Waals surface area contributed by atoms with Crippen molar-refractivity contribution in [1.29, 1.82) is 0 Å². The van der Waals surface area contributed by atoms with Gasteiger partial charge < -0.3 is 9.15 Å². The molecule has 124 valence electrons. The van der Waals surface area contributed by atoms with Gasteiger partial charge in [-0.2, -0.15) is 5.10 Å². The van der Waals surface area contributed by atoms with Crippen molar-refractivity contribution >= 4 is 0 Å². The normalized spacial score (nSPS) is 18.1. The molecule has 1 N–H and O–H groups in total. The highest BCUT2D eigenvalue weighted by molar-refractivity contribution is 5.51. The van der Waals surface area contributed by atoms with Gasteiger partial charge in [-0.25, -0.2) is 0 Å². The molecule has 0 radical (unpaired) electrons. The van der Waals surface area contributed by atoms with E-state index >= 15 is 0 Å². The summed E-state index contributed by atoms with van der Waals surface area (Å²) in [5.74, 6) is 2.73. The lowest BCUT2D eigenvalue weighted by atomic mass is 10.0. The number of rotatable bonds is 5. The van der Waals surface area contributed by atoms with Crippen molar-refractivity contribution in [2.75, 3.05) is 13.7 Å². The Balaban J connectivity index is 1.51. The van der Waals surface area contributed by atoms with E-state index in [0.717, 1.165) is 36.1 Å². The molecule has 0 aliphatic carbocycles. The quantitative estimate of drug-likeness (QED) is 0.770. The second kappa shape index (κ2) is 6.53. The van der Waals surface area contributed by atoms with Crippen LogP contribution >= 0.6 is 0 Å². The third-order valence-electron chi connectivity index (χ3n) is 4.63. The standard InChI is InChI=1S/C19H21N3O2/c1-23-15-5-2-4-14(12-15)18-6-3-11-22(18)13-16-7-8-19(24-16)17-9-10-20-21-17/h2,4-5,7-10,12,18H,3,6,11,13H2,1H3,(H,20,21)/t18-/m1/s1. The number of nitrogens with zero attached hydrogens (tertiary/aromatic N) is 2. The maximum Gasteiger partial charge on any atom is 0.152 e. The fraction of sp³-hybridized carbons (Fsp3) is 0.316. The summed E-state index contributed by atoms with van der Waals surface area (Å²) in [6, 6.07) is 14.8. The van der Waals surface area contributed by atoms with Crippen LogP contribution in [0, 0.1) is 0 Å². The van der Waals surface area contributed by atoms with E-state index < -0.39 is 0 Å². The van der Waals surface area contributed by atoms with Gasteiger partial charge in [0, 0.05) is 12.2 Å². The molecule has 5 nitrogen and oxygen atoms in total. The van der Waals surface area contributed by atoms with Crippen molar-refractivity contribution in [3.05, 3.63) is 60.0 Å². The smallest absolute Gasteiger partial charge is 0.152 e. The molecule has 2 aromatic heterocycles. The average molecular weight is 323 g/mol. The SMILES string of the molecule is COc1cccc([C@H]2CCCN2Cc2ccc(-c3ccn[nH]3)o2)c1. The lowest BCUT2D eigenvalue weighted by molar-refractivity contribution is 0.228. The lowest BCUT2D eigenvalue weighted by Crippen LogP contribution is -2.22. The summed E-state index contributed by atoms with van der Waals surface area (Å²) in [6.45, 7) is 1.90. The molecule has 0 amide bonds. The van der Waals surface area contributed by atoms with Crippen LogP contribution in [0.3, 0.4) is 0 Å². The molecule has 5 heteroatoms. The zero-order valence-corrected chi connectivity index (χ0v) is 13.7. The Morgan fingerprint density at radius 1 is 1.29 bits per heavy atom. The maximum atomic E-state index is 5.98. The molecule has 24 heavy (non-hydrogen) atoms. The molecule has 1 fully saturated rings. The van der Waals surface area contributed by atoms with Gasteiger partial charge in [0.25, 0.3) is 0 Å². The van der Waals surface area contributed by atoms with Crippen LogP contribution in [0.2, 0.25) is 0 Å². The van der Waals surface area contributed by atoms with Gasteiger partial charge in [0.15, 0.2) is 5.76 Å². The zero-order chi connectivity index (χ0) is 16.4. The molecule has 0 unspecified atom stereocenters. The Morgan fingerprint density at radius 3 is 3.08 bits per heavy atom. The molecule has 0 spiro atoms. The molecule has 0 bridgehead atoms. The van der Waals surface area contributed by atoms with Crippen LogP contribution in [-0.4, -0.2) is 28.8 Å². The first-order valence-electron chi connectivity index (χ1n) is 8.30. The van der Waals surface area contributed by atoms with Crippen LogP contribution in [0.1, 0.15) is 30.2 Å². The monoisotopic (exact) mass is 323 g/mol. The number of nitrogens with one attached hydrogen (secondary N) is 1. The summed E-state index contributed by atoms with van der Waals surface area (Å²) >= 11 is 0. The molecular formula is C19H21N3O2. The van der Waals surface area contributed by atoms with E-state index in [1.165, 1.54) is 18.4 Å². The minimum atomic E-state index is 0.417. The van der Waals surface area contributed by atoms with Crippen molar-refractivity contribution in [3.8, 4) is 17.2 Å². The third kappa shape index (κ3) is 2.95. The van der Waals surface area contributed by atoms with Gasteiger partial charge in [-0.15, -0.1) is 0 Å². The van der Waals surface area contributed by atoms with Crippen LogP contribution in [0.4, 0.5) is 0 Å². The summed E-state index contributed by atoms with van der Waals surface area (Å²) in [5, 5.41) is 6.91. The molecule has 1 aliphatic rings. The molecule has 4 rings (SSSR count). The Kier molecular flexibility index (Phi) is 4.09. The third-order valence-corrected chi connectivity index (χ3v) is 4.63. The van der Waals surface area contributed by atoms with Crippen molar-refractivity contribution in [1.82, 2.24) is 15.1 Å². The number of hydrogen-bond donors (Lipinski definition) is 1. The number of benzene rings is 1. The summed E-state index contributed by atoms with van der Waals surface area (Å²) in [5.41, 5.74) is 2.22. The molecule has 1 atom stereocenters. The molecule has 0 saturated carbocycles. The van der Waals surface area contributed by atoms with E-state index in [4.69, 9.17) is 9.15 Å². The minimum absolute atomic E-state index is 0.417. The number of hydrogen-bond acceptors (Lipinski definition) is 4. The first kappa shape index (κ1) is 15.0. The van der Waals surface area contributed by atoms with Gasteiger partial charge >= 0.3 is 0 Å². The van der Waals surface area contributed by atoms with Crippen LogP contribution < -0.4 is 4.74 Å². The summed E-state index contributed by atoms with van der Waals surface area (Å²) < 4.78 is 11.3. The van der Waals surface area contributed by atoms with Gasteiger partial charge in [-0.3, -0.25) is 10.00 Å². The van der Waals surface area contributed by atoms with Gasteiger partial charge in [-0.05, 0) is 55.3 Å². The minimum Gasteiger partial charge on any atom is -0.497 e. The van der Waals surface area contributed by atoms with E-state index in [9.17, 15) is 0 Å². The average Bonchev–Trinajstić information content (AvgIpc) is 3.36. The molecular weight excluding hydrogens is 302 g/mol. The molecule has 3 heterocycles. The summed E-state index contributed by atoms with van der Waals surface area (Å²) in [4.78, 5) is 2.48. The van der Waals surface area contributed by atoms with Gasteiger partial charge in [-0.1, -0.05) is 12.1 Å². The number of likely N-dealkylation sites (tertiary alicyclic amines) is 1. The second-order valence-corrected chi connectivity index (χ2v) is 6.14. The van der Waals surface area contributed by atoms with Crippen molar-refractivity contribution in [2.45, 2.75) is 25.4 Å². The Bertz CT molecular complexity index is 795. The fourth-order valence-electron chi connectivity index (χ4n) is 3.44. The predicted octanol–water partition coefficient (Wildman–Crippen LogP) is 4.02. The van der Waals surface area contributed by atoms with Crippen LogP contribution in [0.5, 0.6) is 5.75 Å². The topological polar surface area (TPSA) is 54.3 Å². The number of ether oxygens (including phenoxy) is 1. The highest BCUT2D eigenvalue weighted by atomic mass is 16.5. The number of aromatic amines is 1. The van der Waals surface area contributed by atoms with Gasteiger partial charge in [0.1, 0.15) is 17.2 Å².